The largest absolute Gasteiger partial charge is 0.484 e. The highest BCUT2D eigenvalue weighted by molar-refractivity contribution is 5.89. The van der Waals surface area contributed by atoms with Crippen molar-refractivity contribution < 1.29 is 23.5 Å². The Morgan fingerprint density at radius 3 is 2.39 bits per heavy atom. The zero-order valence-electron chi connectivity index (χ0n) is 18.8. The lowest BCUT2D eigenvalue weighted by Gasteiger charge is -2.38. The van der Waals surface area contributed by atoms with Gasteiger partial charge in [0.15, 0.2) is 13.2 Å². The summed E-state index contributed by atoms with van der Waals surface area (Å²) in [6.07, 6.45) is 3.18. The maximum absolute atomic E-state index is 12.6. The first-order chi connectivity index (χ1) is 16.0. The van der Waals surface area contributed by atoms with E-state index in [4.69, 9.17) is 13.9 Å². The molecule has 2 aromatic carbocycles. The van der Waals surface area contributed by atoms with Crippen LogP contribution in [0.3, 0.4) is 0 Å². The van der Waals surface area contributed by atoms with Gasteiger partial charge in [-0.1, -0.05) is 18.2 Å². The minimum absolute atomic E-state index is 0.0207. The van der Waals surface area contributed by atoms with Crippen molar-refractivity contribution in [3.8, 4) is 17.2 Å². The monoisotopic (exact) mass is 449 g/mol. The maximum atomic E-state index is 12.6. The standard InChI is InChI=1S/C25H27N3O5/c1-17-7-6-8-18(2)28(17)23(29)16-31-21-13-11-20(12-14-21)25(30)32-15-22-26-27-24(33-22)19-9-4-3-5-10-19/h3-5,9-14,17-18H,6-8,15-16H2,1-2H3. The van der Waals surface area contributed by atoms with Crippen molar-refractivity contribution in [3.05, 3.63) is 66.1 Å². The molecule has 0 radical (unpaired) electrons. The topological polar surface area (TPSA) is 94.8 Å². The predicted molar refractivity (Wildman–Crippen MR) is 120 cm³/mol. The highest BCUT2D eigenvalue weighted by atomic mass is 16.5. The molecule has 1 aliphatic heterocycles. The third-order valence-electron chi connectivity index (χ3n) is 5.75. The minimum atomic E-state index is -0.520. The van der Waals surface area contributed by atoms with E-state index in [1.54, 1.807) is 24.3 Å². The zero-order chi connectivity index (χ0) is 23.2. The van der Waals surface area contributed by atoms with Gasteiger partial charge in [-0.2, -0.15) is 0 Å². The molecule has 8 heteroatoms. The van der Waals surface area contributed by atoms with Gasteiger partial charge in [-0.3, -0.25) is 4.79 Å². The van der Waals surface area contributed by atoms with Gasteiger partial charge in [0.05, 0.1) is 5.56 Å². The van der Waals surface area contributed by atoms with Gasteiger partial charge in [0, 0.05) is 17.6 Å². The molecule has 3 aromatic rings. The van der Waals surface area contributed by atoms with Crippen molar-refractivity contribution in [2.24, 2.45) is 0 Å². The Morgan fingerprint density at radius 1 is 1.00 bits per heavy atom. The Labute approximate surface area is 192 Å². The van der Waals surface area contributed by atoms with Crippen molar-refractivity contribution >= 4 is 11.9 Å². The van der Waals surface area contributed by atoms with Gasteiger partial charge in [-0.05, 0) is 69.5 Å². The number of hydrogen-bond acceptors (Lipinski definition) is 7. The number of carbonyl (C=O) groups excluding carboxylic acids is 2. The van der Waals surface area contributed by atoms with E-state index in [9.17, 15) is 9.59 Å². The third-order valence-corrected chi connectivity index (χ3v) is 5.75. The normalized spacial score (nSPS) is 18.1. The van der Waals surface area contributed by atoms with Crippen LogP contribution in [0.5, 0.6) is 5.75 Å². The summed E-state index contributed by atoms with van der Waals surface area (Å²) in [5, 5.41) is 7.88. The number of esters is 1. The van der Waals surface area contributed by atoms with Crippen LogP contribution in [0.2, 0.25) is 0 Å². The molecular formula is C25H27N3O5. The van der Waals surface area contributed by atoms with Gasteiger partial charge in [0.1, 0.15) is 5.75 Å². The summed E-state index contributed by atoms with van der Waals surface area (Å²) >= 11 is 0. The van der Waals surface area contributed by atoms with Gasteiger partial charge in [-0.25, -0.2) is 4.79 Å². The lowest BCUT2D eigenvalue weighted by Crippen LogP contribution is -2.49. The summed E-state index contributed by atoms with van der Waals surface area (Å²) in [5.41, 5.74) is 1.15. The fraction of sp³-hybridized carbons (Fsp3) is 0.360. The SMILES string of the molecule is CC1CCCC(C)N1C(=O)COc1ccc(C(=O)OCc2nnc(-c3ccccc3)o2)cc1. The molecule has 1 fully saturated rings. The van der Waals surface area contributed by atoms with E-state index in [-0.39, 0.29) is 37.1 Å². The number of hydrogen-bond donors (Lipinski definition) is 0. The number of piperidine rings is 1. The van der Waals surface area contributed by atoms with Gasteiger partial charge in [-0.15, -0.1) is 10.2 Å². The van der Waals surface area contributed by atoms with Crippen LogP contribution in [0.4, 0.5) is 0 Å². The van der Waals surface area contributed by atoms with Crippen LogP contribution in [0.25, 0.3) is 11.5 Å². The van der Waals surface area contributed by atoms with Crippen molar-refractivity contribution in [2.45, 2.75) is 51.8 Å². The quantitative estimate of drug-likeness (QED) is 0.497. The molecule has 4 rings (SSSR count). The fourth-order valence-electron chi connectivity index (χ4n) is 4.04. The molecular weight excluding hydrogens is 422 g/mol. The van der Waals surface area contributed by atoms with Gasteiger partial charge in [0.25, 0.3) is 11.8 Å². The van der Waals surface area contributed by atoms with E-state index in [0.717, 1.165) is 24.8 Å². The molecule has 8 nitrogen and oxygen atoms in total. The highest BCUT2D eigenvalue weighted by Gasteiger charge is 2.29. The summed E-state index contributed by atoms with van der Waals surface area (Å²) in [5.74, 6) is 0.551. The first-order valence-electron chi connectivity index (χ1n) is 11.1. The molecule has 0 aliphatic carbocycles. The van der Waals surface area contributed by atoms with Crippen molar-refractivity contribution in [1.29, 1.82) is 0 Å². The summed E-state index contributed by atoms with van der Waals surface area (Å²) in [4.78, 5) is 26.8. The molecule has 0 N–H and O–H groups in total. The van der Waals surface area contributed by atoms with E-state index >= 15 is 0 Å². The second kappa shape index (κ2) is 10.3. The van der Waals surface area contributed by atoms with Gasteiger partial charge < -0.3 is 18.8 Å². The Bertz CT molecular complexity index is 1070. The predicted octanol–water partition coefficient (Wildman–Crippen LogP) is 4.26. The van der Waals surface area contributed by atoms with Crippen LogP contribution in [0.15, 0.2) is 59.0 Å². The zero-order valence-corrected chi connectivity index (χ0v) is 18.8. The van der Waals surface area contributed by atoms with E-state index in [1.807, 2.05) is 35.2 Å². The van der Waals surface area contributed by atoms with Crippen molar-refractivity contribution in [2.75, 3.05) is 6.61 Å². The number of carbonyl (C=O) groups is 2. The number of rotatable bonds is 7. The van der Waals surface area contributed by atoms with Crippen LogP contribution in [-0.4, -0.2) is 45.7 Å². The first-order valence-corrected chi connectivity index (χ1v) is 11.1. The van der Waals surface area contributed by atoms with E-state index in [0.29, 0.717) is 17.2 Å². The number of amides is 1. The number of aromatic nitrogens is 2. The molecule has 0 saturated carbocycles. The number of benzene rings is 2. The first kappa shape index (κ1) is 22.5. The third kappa shape index (κ3) is 5.58. The van der Waals surface area contributed by atoms with Crippen LogP contribution < -0.4 is 4.74 Å². The highest BCUT2D eigenvalue weighted by Crippen LogP contribution is 2.23. The van der Waals surface area contributed by atoms with E-state index < -0.39 is 5.97 Å². The average Bonchev–Trinajstić information content (AvgIpc) is 3.31. The van der Waals surface area contributed by atoms with Crippen LogP contribution >= 0.6 is 0 Å². The van der Waals surface area contributed by atoms with E-state index in [1.165, 1.54) is 0 Å². The minimum Gasteiger partial charge on any atom is -0.484 e. The van der Waals surface area contributed by atoms with Crippen LogP contribution in [0.1, 0.15) is 49.4 Å². The average molecular weight is 450 g/mol. The van der Waals surface area contributed by atoms with Crippen LogP contribution in [-0.2, 0) is 16.1 Å². The summed E-state index contributed by atoms with van der Waals surface area (Å²) in [7, 11) is 0. The Kier molecular flexibility index (Phi) is 7.02. The number of ether oxygens (including phenoxy) is 2. The molecule has 2 atom stereocenters. The maximum Gasteiger partial charge on any atom is 0.338 e. The smallest absolute Gasteiger partial charge is 0.338 e. The summed E-state index contributed by atoms with van der Waals surface area (Å²) < 4.78 is 16.5. The molecule has 172 valence electrons. The number of likely N-dealkylation sites (tertiary alicyclic amines) is 1. The van der Waals surface area contributed by atoms with Crippen molar-refractivity contribution in [3.63, 3.8) is 0 Å². The molecule has 1 aromatic heterocycles. The Balaban J connectivity index is 1.27. The van der Waals surface area contributed by atoms with Gasteiger partial charge >= 0.3 is 5.97 Å². The summed E-state index contributed by atoms with van der Waals surface area (Å²) in [6, 6.07) is 16.3. The Morgan fingerprint density at radius 2 is 1.70 bits per heavy atom. The molecule has 33 heavy (non-hydrogen) atoms. The van der Waals surface area contributed by atoms with Gasteiger partial charge in [0.2, 0.25) is 5.89 Å². The molecule has 0 bridgehead atoms. The molecule has 0 spiro atoms. The number of nitrogens with zero attached hydrogens (tertiary/aromatic N) is 3. The molecule has 1 aliphatic rings. The van der Waals surface area contributed by atoms with E-state index in [2.05, 4.69) is 24.0 Å². The van der Waals surface area contributed by atoms with Crippen LogP contribution in [0, 0.1) is 0 Å². The fourth-order valence-corrected chi connectivity index (χ4v) is 4.04. The molecule has 2 unspecified atom stereocenters. The second-order valence-corrected chi connectivity index (χ2v) is 8.19. The lowest BCUT2D eigenvalue weighted by atomic mass is 9.97. The van der Waals surface area contributed by atoms with Crippen molar-refractivity contribution in [1.82, 2.24) is 15.1 Å². The lowest BCUT2D eigenvalue weighted by molar-refractivity contribution is -0.139. The molecule has 1 amide bonds. The molecule has 2 heterocycles. The second-order valence-electron chi connectivity index (χ2n) is 8.19. The molecule has 1 saturated heterocycles. The summed E-state index contributed by atoms with van der Waals surface area (Å²) in [6.45, 7) is 3.99. The Hall–Kier alpha value is -3.68.